The molecule has 0 spiro atoms. The number of carbonyl (C=O) groups is 1. The predicted molar refractivity (Wildman–Crippen MR) is 82.7 cm³/mol. The second-order valence-electron chi connectivity index (χ2n) is 6.15. The number of nitrogens with zero attached hydrogens (tertiary/aromatic N) is 2. The zero-order chi connectivity index (χ0) is 15.0. The van der Waals surface area contributed by atoms with E-state index < -0.39 is 5.97 Å². The standard InChI is InChI=1S/C17H22N2O2/c1-11(13-7-4-3-5-8-13)19-12(2)18-15-10-6-9-14(16(15)19)17(20)21/h6,9-11,13H,3-5,7-8H2,1-2H3,(H,20,21). The maximum absolute atomic E-state index is 11.5. The zero-order valence-corrected chi connectivity index (χ0v) is 12.7. The highest BCUT2D eigenvalue weighted by Crippen LogP contribution is 2.35. The van der Waals surface area contributed by atoms with E-state index in [9.17, 15) is 9.90 Å². The SMILES string of the molecule is Cc1nc2cccc(C(=O)O)c2n1C(C)C1CCCCC1. The quantitative estimate of drug-likeness (QED) is 0.920. The maximum atomic E-state index is 11.5. The molecular weight excluding hydrogens is 264 g/mol. The average molecular weight is 286 g/mol. The van der Waals surface area contributed by atoms with Crippen LogP contribution < -0.4 is 0 Å². The minimum atomic E-state index is -0.877. The largest absolute Gasteiger partial charge is 0.478 e. The maximum Gasteiger partial charge on any atom is 0.337 e. The van der Waals surface area contributed by atoms with Crippen LogP contribution in [0.25, 0.3) is 11.0 Å². The second-order valence-corrected chi connectivity index (χ2v) is 6.15. The van der Waals surface area contributed by atoms with Gasteiger partial charge in [-0.15, -0.1) is 0 Å². The molecule has 1 saturated carbocycles. The Kier molecular flexibility index (Phi) is 3.70. The molecule has 112 valence electrons. The monoisotopic (exact) mass is 286 g/mol. The van der Waals surface area contributed by atoms with Gasteiger partial charge in [0.15, 0.2) is 0 Å². The molecule has 21 heavy (non-hydrogen) atoms. The molecular formula is C17H22N2O2. The molecule has 1 fully saturated rings. The van der Waals surface area contributed by atoms with Gasteiger partial charge in [0.25, 0.3) is 0 Å². The van der Waals surface area contributed by atoms with E-state index in [-0.39, 0.29) is 0 Å². The molecule has 1 N–H and O–H groups in total. The fourth-order valence-electron chi connectivity index (χ4n) is 3.76. The minimum absolute atomic E-state index is 0.302. The van der Waals surface area contributed by atoms with Gasteiger partial charge in [-0.1, -0.05) is 25.3 Å². The number of fused-ring (bicyclic) bond motifs is 1. The predicted octanol–water partition coefficient (Wildman–Crippen LogP) is 4.18. The molecule has 4 heteroatoms. The van der Waals surface area contributed by atoms with Crippen molar-refractivity contribution in [3.05, 3.63) is 29.6 Å². The Bertz CT molecular complexity index is 669. The highest BCUT2D eigenvalue weighted by atomic mass is 16.4. The zero-order valence-electron chi connectivity index (χ0n) is 12.7. The molecule has 2 aromatic rings. The van der Waals surface area contributed by atoms with Crippen LogP contribution >= 0.6 is 0 Å². The Morgan fingerprint density at radius 3 is 2.71 bits per heavy atom. The molecule has 1 atom stereocenters. The van der Waals surface area contributed by atoms with Crippen LogP contribution in [0, 0.1) is 12.8 Å². The van der Waals surface area contributed by atoms with Crippen molar-refractivity contribution in [1.82, 2.24) is 9.55 Å². The first-order valence-corrected chi connectivity index (χ1v) is 7.80. The fraction of sp³-hybridized carbons (Fsp3) is 0.529. The number of aromatic nitrogens is 2. The van der Waals surface area contributed by atoms with E-state index in [4.69, 9.17) is 0 Å². The molecule has 1 aromatic carbocycles. The van der Waals surface area contributed by atoms with Crippen molar-refractivity contribution in [2.45, 2.75) is 52.0 Å². The van der Waals surface area contributed by atoms with Crippen LogP contribution in [0.5, 0.6) is 0 Å². The Hall–Kier alpha value is -1.84. The summed E-state index contributed by atoms with van der Waals surface area (Å²) in [4.78, 5) is 16.1. The summed E-state index contributed by atoms with van der Waals surface area (Å²) in [5.41, 5.74) is 1.92. The van der Waals surface area contributed by atoms with Gasteiger partial charge in [0.05, 0.1) is 16.6 Å². The van der Waals surface area contributed by atoms with E-state index in [1.54, 1.807) is 12.1 Å². The van der Waals surface area contributed by atoms with E-state index in [1.165, 1.54) is 32.1 Å². The number of carboxylic acids is 1. The molecule has 3 rings (SSSR count). The smallest absolute Gasteiger partial charge is 0.337 e. The van der Waals surface area contributed by atoms with Crippen molar-refractivity contribution in [3.63, 3.8) is 0 Å². The Balaban J connectivity index is 2.12. The van der Waals surface area contributed by atoms with Crippen molar-refractivity contribution in [3.8, 4) is 0 Å². The van der Waals surface area contributed by atoms with Gasteiger partial charge in [-0.25, -0.2) is 9.78 Å². The Morgan fingerprint density at radius 2 is 2.05 bits per heavy atom. The van der Waals surface area contributed by atoms with Crippen LogP contribution in [0.1, 0.15) is 61.3 Å². The van der Waals surface area contributed by atoms with Crippen molar-refractivity contribution in [2.75, 3.05) is 0 Å². The topological polar surface area (TPSA) is 55.1 Å². The molecule has 1 aromatic heterocycles. The highest BCUT2D eigenvalue weighted by Gasteiger charge is 2.26. The lowest BCUT2D eigenvalue weighted by molar-refractivity contribution is 0.0698. The Morgan fingerprint density at radius 1 is 1.33 bits per heavy atom. The van der Waals surface area contributed by atoms with Crippen molar-refractivity contribution in [1.29, 1.82) is 0 Å². The number of rotatable bonds is 3. The van der Waals surface area contributed by atoms with Gasteiger partial charge in [-0.2, -0.15) is 0 Å². The first kappa shape index (κ1) is 14.1. The van der Waals surface area contributed by atoms with Crippen molar-refractivity contribution >= 4 is 17.0 Å². The molecule has 0 radical (unpaired) electrons. The molecule has 0 aliphatic heterocycles. The summed E-state index contributed by atoms with van der Waals surface area (Å²) in [6, 6.07) is 5.65. The van der Waals surface area contributed by atoms with Crippen molar-refractivity contribution in [2.24, 2.45) is 5.92 Å². The molecule has 1 aliphatic rings. The number of aromatic carboxylic acids is 1. The van der Waals surface area contributed by atoms with Gasteiger partial charge < -0.3 is 9.67 Å². The molecule has 0 amide bonds. The van der Waals surface area contributed by atoms with Crippen LogP contribution in [0.3, 0.4) is 0 Å². The molecule has 1 unspecified atom stereocenters. The lowest BCUT2D eigenvalue weighted by Crippen LogP contribution is -2.21. The molecule has 4 nitrogen and oxygen atoms in total. The lowest BCUT2D eigenvalue weighted by Gasteiger charge is -2.30. The third-order valence-corrected chi connectivity index (χ3v) is 4.86. The number of para-hydroxylation sites is 1. The molecule has 0 bridgehead atoms. The number of aryl methyl sites for hydroxylation is 1. The van der Waals surface area contributed by atoms with Crippen LogP contribution in [0.2, 0.25) is 0 Å². The Labute approximate surface area is 124 Å². The van der Waals surface area contributed by atoms with E-state index in [2.05, 4.69) is 16.5 Å². The summed E-state index contributed by atoms with van der Waals surface area (Å²) < 4.78 is 2.15. The number of hydrogen-bond donors (Lipinski definition) is 1. The average Bonchev–Trinajstić information content (AvgIpc) is 2.83. The number of imidazole rings is 1. The van der Waals surface area contributed by atoms with Crippen LogP contribution in [-0.4, -0.2) is 20.6 Å². The lowest BCUT2D eigenvalue weighted by atomic mass is 9.84. The minimum Gasteiger partial charge on any atom is -0.478 e. The van der Waals surface area contributed by atoms with Gasteiger partial charge in [-0.05, 0) is 44.7 Å². The van der Waals surface area contributed by atoms with Crippen molar-refractivity contribution < 1.29 is 9.90 Å². The molecule has 1 aliphatic carbocycles. The third kappa shape index (κ3) is 2.43. The fourth-order valence-corrected chi connectivity index (χ4v) is 3.76. The normalized spacial score (nSPS) is 18.0. The summed E-state index contributed by atoms with van der Waals surface area (Å²) in [5.74, 6) is 0.658. The van der Waals surface area contributed by atoms with E-state index in [0.29, 0.717) is 17.5 Å². The highest BCUT2D eigenvalue weighted by molar-refractivity contribution is 6.01. The first-order chi connectivity index (χ1) is 10.1. The summed E-state index contributed by atoms with van der Waals surface area (Å²) in [5, 5.41) is 9.47. The van der Waals surface area contributed by atoms with Gasteiger partial charge in [-0.3, -0.25) is 0 Å². The number of carboxylic acid groups (broad SMARTS) is 1. The van der Waals surface area contributed by atoms with Gasteiger partial charge >= 0.3 is 5.97 Å². The molecule has 0 saturated heterocycles. The van der Waals surface area contributed by atoms with Crippen LogP contribution in [0.15, 0.2) is 18.2 Å². The van der Waals surface area contributed by atoms with Gasteiger partial charge in [0.1, 0.15) is 5.82 Å². The van der Waals surface area contributed by atoms with Gasteiger partial charge in [0.2, 0.25) is 0 Å². The van der Waals surface area contributed by atoms with Crippen LogP contribution in [0.4, 0.5) is 0 Å². The van der Waals surface area contributed by atoms with Crippen LogP contribution in [-0.2, 0) is 0 Å². The van der Waals surface area contributed by atoms with Gasteiger partial charge in [0, 0.05) is 6.04 Å². The molecule has 1 heterocycles. The third-order valence-electron chi connectivity index (χ3n) is 4.86. The van der Waals surface area contributed by atoms with E-state index in [1.807, 2.05) is 13.0 Å². The summed E-state index contributed by atoms with van der Waals surface area (Å²) in [6.45, 7) is 4.19. The van der Waals surface area contributed by atoms with E-state index in [0.717, 1.165) is 16.9 Å². The summed E-state index contributed by atoms with van der Waals surface area (Å²) in [7, 11) is 0. The number of benzene rings is 1. The second kappa shape index (κ2) is 5.51. The summed E-state index contributed by atoms with van der Waals surface area (Å²) >= 11 is 0. The number of hydrogen-bond acceptors (Lipinski definition) is 2. The first-order valence-electron chi connectivity index (χ1n) is 7.80. The van der Waals surface area contributed by atoms with E-state index >= 15 is 0 Å². The summed E-state index contributed by atoms with van der Waals surface area (Å²) in [6.07, 6.45) is 6.36.